The van der Waals surface area contributed by atoms with Crippen molar-refractivity contribution < 1.29 is 13.9 Å². The van der Waals surface area contributed by atoms with Gasteiger partial charge >= 0.3 is 5.97 Å². The summed E-state index contributed by atoms with van der Waals surface area (Å²) in [6.45, 7) is 0.131. The lowest BCUT2D eigenvalue weighted by molar-refractivity contribution is -0.145. The quantitative estimate of drug-likeness (QED) is 0.284. The average Bonchev–Trinajstić information content (AvgIpc) is 3.24. The highest BCUT2D eigenvalue weighted by Crippen LogP contribution is 2.33. The molecule has 0 unspecified atom stereocenters. The van der Waals surface area contributed by atoms with Crippen LogP contribution >= 0.6 is 23.2 Å². The summed E-state index contributed by atoms with van der Waals surface area (Å²) in [5, 5.41) is 0.890. The summed E-state index contributed by atoms with van der Waals surface area (Å²) in [6.07, 6.45) is 0.497. The third-order valence-corrected chi connectivity index (χ3v) is 5.42. The summed E-state index contributed by atoms with van der Waals surface area (Å²) in [4.78, 5) is 16.9. The molecule has 0 saturated heterocycles. The van der Waals surface area contributed by atoms with E-state index in [1.54, 1.807) is 18.2 Å². The zero-order valence-electron chi connectivity index (χ0n) is 16.6. The third kappa shape index (κ3) is 5.35. The summed E-state index contributed by atoms with van der Waals surface area (Å²) in [5.41, 5.74) is 3.42. The average molecular weight is 452 g/mol. The molecule has 31 heavy (non-hydrogen) atoms. The predicted molar refractivity (Wildman–Crippen MR) is 122 cm³/mol. The molecule has 156 valence electrons. The minimum atomic E-state index is -0.341. The molecule has 4 rings (SSSR count). The number of benzene rings is 3. The van der Waals surface area contributed by atoms with Gasteiger partial charge in [0.2, 0.25) is 0 Å². The Bertz CT molecular complexity index is 1120. The van der Waals surface area contributed by atoms with E-state index in [4.69, 9.17) is 32.4 Å². The molecular weight excluding hydrogens is 433 g/mol. The third-order valence-electron chi connectivity index (χ3n) is 4.68. The van der Waals surface area contributed by atoms with Gasteiger partial charge in [-0.2, -0.15) is 0 Å². The van der Waals surface area contributed by atoms with E-state index in [2.05, 4.69) is 4.98 Å². The van der Waals surface area contributed by atoms with Gasteiger partial charge in [-0.3, -0.25) is 4.79 Å². The number of rotatable bonds is 7. The van der Waals surface area contributed by atoms with Crippen LogP contribution in [0.15, 0.2) is 83.3 Å². The van der Waals surface area contributed by atoms with Crippen LogP contribution in [0.4, 0.5) is 0 Å². The van der Waals surface area contributed by atoms with Crippen LogP contribution in [0.5, 0.6) is 0 Å². The van der Waals surface area contributed by atoms with Crippen LogP contribution in [-0.4, -0.2) is 11.0 Å². The zero-order chi connectivity index (χ0) is 21.6. The monoisotopic (exact) mass is 451 g/mol. The topological polar surface area (TPSA) is 52.3 Å². The lowest BCUT2D eigenvalue weighted by atomic mass is 10.1. The summed E-state index contributed by atoms with van der Waals surface area (Å²) < 4.78 is 11.4. The molecule has 1 heterocycles. The van der Waals surface area contributed by atoms with Crippen molar-refractivity contribution >= 4 is 29.2 Å². The van der Waals surface area contributed by atoms with E-state index in [1.165, 1.54) is 0 Å². The fourth-order valence-electron chi connectivity index (χ4n) is 3.12. The van der Waals surface area contributed by atoms with Gasteiger partial charge in [0.25, 0.3) is 0 Å². The van der Waals surface area contributed by atoms with E-state index in [1.807, 2.05) is 60.7 Å². The number of nitrogens with zero attached hydrogens (tertiary/aromatic N) is 1. The van der Waals surface area contributed by atoms with Crippen molar-refractivity contribution in [3.05, 3.63) is 100 Å². The molecule has 4 nitrogen and oxygen atoms in total. The maximum absolute atomic E-state index is 12.2. The van der Waals surface area contributed by atoms with Gasteiger partial charge in [-0.15, -0.1) is 0 Å². The first-order chi connectivity index (χ1) is 15.1. The lowest BCUT2D eigenvalue weighted by Crippen LogP contribution is -2.06. The van der Waals surface area contributed by atoms with Crippen LogP contribution in [0.25, 0.3) is 22.6 Å². The van der Waals surface area contributed by atoms with Crippen LogP contribution in [0.2, 0.25) is 10.0 Å². The number of carbonyl (C=O) groups is 1. The number of oxazole rings is 1. The lowest BCUT2D eigenvalue weighted by Gasteiger charge is -2.05. The number of hydrogen-bond acceptors (Lipinski definition) is 4. The molecule has 4 aromatic rings. The fourth-order valence-corrected chi connectivity index (χ4v) is 3.44. The largest absolute Gasteiger partial charge is 0.461 e. The van der Waals surface area contributed by atoms with Crippen molar-refractivity contribution in [1.82, 2.24) is 4.98 Å². The summed E-state index contributed by atoms with van der Waals surface area (Å²) in [7, 11) is 0. The summed E-state index contributed by atoms with van der Waals surface area (Å²) >= 11 is 11.9. The smallest absolute Gasteiger partial charge is 0.306 e. The van der Waals surface area contributed by atoms with Crippen molar-refractivity contribution in [1.29, 1.82) is 0 Å². The van der Waals surface area contributed by atoms with E-state index in [0.717, 1.165) is 22.4 Å². The van der Waals surface area contributed by atoms with Crippen molar-refractivity contribution in [2.24, 2.45) is 0 Å². The Labute approximate surface area is 190 Å². The standard InChI is InChI=1S/C25H19Cl2NO3/c26-20-12-11-17(15-21(20)27)16-30-23(29)14-13-22-28-24(18-7-3-1-4-8-18)25(31-22)19-9-5-2-6-10-19/h1-12,15H,13-14,16H2. The van der Waals surface area contributed by atoms with Crippen molar-refractivity contribution in [3.63, 3.8) is 0 Å². The number of carbonyl (C=O) groups excluding carboxylic acids is 1. The van der Waals surface area contributed by atoms with Crippen LogP contribution in [0.3, 0.4) is 0 Å². The summed E-state index contributed by atoms with van der Waals surface area (Å²) in [5.74, 6) is 0.835. The Hall–Kier alpha value is -3.08. The molecule has 6 heteroatoms. The molecule has 1 aromatic heterocycles. The maximum Gasteiger partial charge on any atom is 0.306 e. The van der Waals surface area contributed by atoms with Crippen LogP contribution in [0.1, 0.15) is 17.9 Å². The van der Waals surface area contributed by atoms with Crippen molar-refractivity contribution in [2.45, 2.75) is 19.4 Å². The minimum Gasteiger partial charge on any atom is -0.461 e. The van der Waals surface area contributed by atoms with E-state index in [-0.39, 0.29) is 19.0 Å². The van der Waals surface area contributed by atoms with E-state index >= 15 is 0 Å². The molecular formula is C25H19Cl2NO3. The molecule has 0 spiro atoms. The summed E-state index contributed by atoms with van der Waals surface area (Å²) in [6, 6.07) is 24.8. The second-order valence-electron chi connectivity index (χ2n) is 6.93. The number of esters is 1. The Morgan fingerprint density at radius 2 is 1.55 bits per heavy atom. The molecule has 3 aromatic carbocycles. The first-order valence-corrected chi connectivity index (χ1v) is 10.6. The van der Waals surface area contributed by atoms with Gasteiger partial charge in [-0.25, -0.2) is 4.98 Å². The maximum atomic E-state index is 12.2. The van der Waals surface area contributed by atoms with Crippen LogP contribution in [0, 0.1) is 0 Å². The molecule has 0 atom stereocenters. The Kier molecular flexibility index (Phi) is 6.70. The first-order valence-electron chi connectivity index (χ1n) is 9.80. The van der Waals surface area contributed by atoms with Gasteiger partial charge < -0.3 is 9.15 Å². The van der Waals surface area contributed by atoms with E-state index in [9.17, 15) is 4.79 Å². The molecule has 0 aliphatic carbocycles. The highest BCUT2D eigenvalue weighted by Gasteiger charge is 2.17. The fraction of sp³-hybridized carbons (Fsp3) is 0.120. The molecule has 0 fully saturated rings. The Morgan fingerprint density at radius 3 is 2.23 bits per heavy atom. The second-order valence-corrected chi connectivity index (χ2v) is 7.74. The SMILES string of the molecule is O=C(CCc1nc(-c2ccccc2)c(-c2ccccc2)o1)OCc1ccc(Cl)c(Cl)c1. The van der Waals surface area contributed by atoms with Gasteiger partial charge in [0.1, 0.15) is 12.3 Å². The van der Waals surface area contributed by atoms with Gasteiger partial charge in [-0.1, -0.05) is 89.9 Å². The van der Waals surface area contributed by atoms with Gasteiger partial charge in [0.05, 0.1) is 16.5 Å². The number of ether oxygens (including phenoxy) is 1. The van der Waals surface area contributed by atoms with Crippen LogP contribution in [-0.2, 0) is 22.6 Å². The highest BCUT2D eigenvalue weighted by molar-refractivity contribution is 6.42. The highest BCUT2D eigenvalue weighted by atomic mass is 35.5. The molecule has 0 saturated carbocycles. The first kappa shape index (κ1) is 21.2. The van der Waals surface area contributed by atoms with Gasteiger partial charge in [0.15, 0.2) is 11.7 Å². The Morgan fingerprint density at radius 1 is 0.871 bits per heavy atom. The molecule has 0 amide bonds. The minimum absolute atomic E-state index is 0.131. The van der Waals surface area contributed by atoms with Gasteiger partial charge in [-0.05, 0) is 17.7 Å². The Balaban J connectivity index is 1.45. The predicted octanol–water partition coefficient (Wildman–Crippen LogP) is 6.99. The zero-order valence-corrected chi connectivity index (χ0v) is 18.1. The number of aromatic nitrogens is 1. The number of halogens is 2. The molecule has 0 radical (unpaired) electrons. The molecule has 0 aliphatic rings. The number of aryl methyl sites for hydroxylation is 1. The normalized spacial score (nSPS) is 10.8. The molecule has 0 aliphatic heterocycles. The van der Waals surface area contributed by atoms with E-state index < -0.39 is 0 Å². The van der Waals surface area contributed by atoms with Crippen LogP contribution < -0.4 is 0 Å². The second kappa shape index (κ2) is 9.82. The number of hydrogen-bond donors (Lipinski definition) is 0. The van der Waals surface area contributed by atoms with Crippen molar-refractivity contribution in [2.75, 3.05) is 0 Å². The molecule has 0 bridgehead atoms. The van der Waals surface area contributed by atoms with E-state index in [0.29, 0.717) is 28.1 Å². The van der Waals surface area contributed by atoms with Gasteiger partial charge in [0, 0.05) is 17.5 Å². The van der Waals surface area contributed by atoms with Crippen molar-refractivity contribution in [3.8, 4) is 22.6 Å². The molecule has 0 N–H and O–H groups in total.